The van der Waals surface area contributed by atoms with Crippen LogP contribution in [-0.2, 0) is 21.7 Å². The molecule has 99 heavy (non-hydrogen) atoms. The lowest BCUT2D eigenvalue weighted by Gasteiger charge is -2.41. The second kappa shape index (κ2) is 25.4. The Labute approximate surface area is 583 Å². The Morgan fingerprint density at radius 1 is 0.242 bits per heavy atom. The number of benzene rings is 10. The van der Waals surface area contributed by atoms with Gasteiger partial charge in [0.05, 0.1) is 28.4 Å². The molecule has 0 saturated heterocycles. The molecule has 11 heteroatoms. The molecule has 1 aliphatic heterocycles. The van der Waals surface area contributed by atoms with Gasteiger partial charge >= 0.3 is 0 Å². The minimum Gasteiger partial charge on any atom is -0.305 e. The van der Waals surface area contributed by atoms with Crippen LogP contribution in [0.1, 0.15) is 122 Å². The fourth-order valence-corrected chi connectivity index (χ4v) is 13.2. The fraction of sp³-hybridized carbons (Fsp3) is 0.216. The van der Waals surface area contributed by atoms with Crippen molar-refractivity contribution < 1.29 is 0 Å². The van der Waals surface area contributed by atoms with Gasteiger partial charge in [0, 0.05) is 50.1 Å². The molecule has 0 saturated carbocycles. The van der Waals surface area contributed by atoms with Gasteiger partial charge in [-0.25, -0.2) is 34.9 Å². The van der Waals surface area contributed by atoms with Crippen molar-refractivity contribution in [3.63, 3.8) is 0 Å². The van der Waals surface area contributed by atoms with Gasteiger partial charge in [0.15, 0.2) is 46.6 Å². The Bertz CT molecular complexity index is 4870. The second-order valence-electron chi connectivity index (χ2n) is 30.3. The molecule has 1 aliphatic rings. The second-order valence-corrected chi connectivity index (χ2v) is 30.3. The number of rotatable bonds is 11. The van der Waals surface area contributed by atoms with E-state index in [9.17, 15) is 0 Å². The van der Waals surface area contributed by atoms with Crippen LogP contribution in [-0.4, -0.2) is 44.9 Å². The van der Waals surface area contributed by atoms with Crippen LogP contribution in [0.2, 0.25) is 0 Å². The zero-order valence-electron chi connectivity index (χ0n) is 59.4. The molecule has 0 aliphatic carbocycles. The summed E-state index contributed by atoms with van der Waals surface area (Å²) in [6, 6.07) is 80.6. The van der Waals surface area contributed by atoms with Crippen molar-refractivity contribution in [2.45, 2.75) is 126 Å². The summed E-state index contributed by atoms with van der Waals surface area (Å²) < 4.78 is 0. The number of aromatic nitrogens is 9. The first kappa shape index (κ1) is 65.1. The van der Waals surface area contributed by atoms with Crippen LogP contribution in [0.25, 0.3) is 102 Å². The van der Waals surface area contributed by atoms with Crippen LogP contribution in [0.4, 0.5) is 34.4 Å². The first-order chi connectivity index (χ1) is 47.3. The van der Waals surface area contributed by atoms with Gasteiger partial charge in [-0.3, -0.25) is 4.90 Å². The Hall–Kier alpha value is -11.2. The first-order valence-electron chi connectivity index (χ1n) is 34.2. The normalized spacial score (nSPS) is 12.6. The average molecular weight is 1290 g/mol. The SMILES string of the molecule is Cc1cc(C)c(-c2cc(-c3nc(-c4ccccc4)nc(-c4ccccc4)n3)cc(-c3nc(-c4cc(C(C)(C)C)cc(C(C)(C)C)c4)nc(-c4cc(C(C)(C)C)cc(C(C)(C)C)c4)n3)c2N2c3ccccc3N(c3nc(-c4ccccc4)nc(-c4ccccc4)n3)c3ccccc32)c(C)c1. The molecular formula is C88H83N11. The van der Waals surface area contributed by atoms with Crippen molar-refractivity contribution in [3.05, 3.63) is 269 Å². The van der Waals surface area contributed by atoms with Crippen molar-refractivity contribution in [1.29, 1.82) is 0 Å². The van der Waals surface area contributed by atoms with E-state index in [4.69, 9.17) is 44.9 Å². The van der Waals surface area contributed by atoms with Crippen LogP contribution < -0.4 is 9.80 Å². The van der Waals surface area contributed by atoms with E-state index in [-0.39, 0.29) is 21.7 Å². The van der Waals surface area contributed by atoms with E-state index < -0.39 is 0 Å². The number of fused-ring (bicyclic) bond motifs is 2. The largest absolute Gasteiger partial charge is 0.305 e. The molecule has 0 radical (unpaired) electrons. The third-order valence-corrected chi connectivity index (χ3v) is 18.6. The van der Waals surface area contributed by atoms with Gasteiger partial charge in [-0.15, -0.1) is 0 Å². The summed E-state index contributed by atoms with van der Waals surface area (Å²) in [5, 5.41) is 0. The monoisotopic (exact) mass is 1290 g/mol. The predicted octanol–water partition coefficient (Wildman–Crippen LogP) is 22.6. The minimum absolute atomic E-state index is 0.213. The van der Waals surface area contributed by atoms with Crippen molar-refractivity contribution >= 4 is 34.4 Å². The summed E-state index contributed by atoms with van der Waals surface area (Å²) in [5.74, 6) is 4.71. The van der Waals surface area contributed by atoms with Crippen molar-refractivity contribution in [1.82, 2.24) is 44.9 Å². The van der Waals surface area contributed by atoms with Crippen LogP contribution >= 0.6 is 0 Å². The molecular weight excluding hydrogens is 1210 g/mol. The van der Waals surface area contributed by atoms with E-state index in [1.54, 1.807) is 0 Å². The maximum atomic E-state index is 5.91. The topological polar surface area (TPSA) is 122 Å². The maximum absolute atomic E-state index is 5.91. The number of nitrogens with zero attached hydrogens (tertiary/aromatic N) is 11. The van der Waals surface area contributed by atoms with Gasteiger partial charge in [-0.05, 0) is 142 Å². The Morgan fingerprint density at radius 3 is 0.828 bits per heavy atom. The molecule has 13 aromatic rings. The van der Waals surface area contributed by atoms with E-state index >= 15 is 0 Å². The van der Waals surface area contributed by atoms with E-state index in [1.807, 2.05) is 97.1 Å². The Morgan fingerprint density at radius 2 is 0.505 bits per heavy atom. The van der Waals surface area contributed by atoms with Crippen LogP contribution in [0, 0.1) is 20.8 Å². The molecule has 14 rings (SSSR count). The molecule has 10 aromatic carbocycles. The lowest BCUT2D eigenvalue weighted by atomic mass is 9.79. The number of hydrogen-bond donors (Lipinski definition) is 0. The van der Waals surface area contributed by atoms with E-state index in [0.717, 1.165) is 101 Å². The molecule has 490 valence electrons. The van der Waals surface area contributed by atoms with Gasteiger partial charge in [-0.2, -0.15) is 9.97 Å². The van der Waals surface area contributed by atoms with Crippen LogP contribution in [0.3, 0.4) is 0 Å². The van der Waals surface area contributed by atoms with Crippen molar-refractivity contribution in [3.8, 4) is 102 Å². The summed E-state index contributed by atoms with van der Waals surface area (Å²) >= 11 is 0. The van der Waals surface area contributed by atoms with Gasteiger partial charge in [-0.1, -0.05) is 259 Å². The predicted molar refractivity (Wildman–Crippen MR) is 407 cm³/mol. The number of para-hydroxylation sites is 4. The molecule has 0 N–H and O–H groups in total. The van der Waals surface area contributed by atoms with Crippen molar-refractivity contribution in [2.75, 3.05) is 9.80 Å². The number of anilines is 6. The third kappa shape index (κ3) is 13.0. The summed E-state index contributed by atoms with van der Waals surface area (Å²) in [5.41, 5.74) is 20.2. The Balaban J connectivity index is 1.15. The molecule has 0 spiro atoms. The number of aryl methyl sites for hydroxylation is 3. The molecule has 4 heterocycles. The average Bonchev–Trinajstić information content (AvgIpc) is 0.715. The molecule has 0 fully saturated rings. The molecule has 0 bridgehead atoms. The lowest BCUT2D eigenvalue weighted by molar-refractivity contribution is 0.568. The highest BCUT2D eigenvalue weighted by molar-refractivity contribution is 6.08. The highest BCUT2D eigenvalue weighted by Gasteiger charge is 2.37. The van der Waals surface area contributed by atoms with E-state index in [1.165, 1.54) is 22.3 Å². The summed E-state index contributed by atoms with van der Waals surface area (Å²) in [4.78, 5) is 54.3. The maximum Gasteiger partial charge on any atom is 0.238 e. The number of hydrogen-bond acceptors (Lipinski definition) is 11. The zero-order valence-corrected chi connectivity index (χ0v) is 59.4. The lowest BCUT2D eigenvalue weighted by Crippen LogP contribution is -2.26. The standard InChI is InChI=1S/C88H83N11/c1-54-44-55(2)74(56(3)45-54)68-50-63(82-90-76(57-32-20-16-21-33-57)89-77(91-82)58-34-22-17-23-35-58)51-69(83-94-80(61-46-64(85(4,5)6)52-65(47-61)86(7,8)9)93-81(95-83)62-48-66(87(10,11)12)53-67(49-62)88(13,14)15)75(68)98-70-40-28-30-42-72(70)99(73-43-31-29-41-71(73)98)84-96-78(59-36-24-18-25-37-59)92-79(97-84)60-38-26-19-27-39-60/h16-53H,1-15H3. The fourth-order valence-electron chi connectivity index (χ4n) is 13.2. The minimum atomic E-state index is -0.213. The molecule has 0 amide bonds. The summed E-state index contributed by atoms with van der Waals surface area (Å²) in [6.45, 7) is 33.9. The van der Waals surface area contributed by atoms with Crippen LogP contribution in [0.15, 0.2) is 231 Å². The quantitative estimate of drug-likeness (QED) is 0.123. The van der Waals surface area contributed by atoms with Crippen molar-refractivity contribution in [2.24, 2.45) is 0 Å². The highest BCUT2D eigenvalue weighted by Crippen LogP contribution is 2.58. The highest BCUT2D eigenvalue weighted by atomic mass is 15.3. The third-order valence-electron chi connectivity index (χ3n) is 18.6. The smallest absolute Gasteiger partial charge is 0.238 e. The van der Waals surface area contributed by atoms with Gasteiger partial charge in [0.25, 0.3) is 0 Å². The Kier molecular flexibility index (Phi) is 16.7. The summed E-state index contributed by atoms with van der Waals surface area (Å²) in [6.07, 6.45) is 0. The van der Waals surface area contributed by atoms with E-state index in [0.29, 0.717) is 52.5 Å². The van der Waals surface area contributed by atoms with Gasteiger partial charge in [0.2, 0.25) is 5.95 Å². The molecule has 3 aromatic heterocycles. The summed E-state index contributed by atoms with van der Waals surface area (Å²) in [7, 11) is 0. The zero-order chi connectivity index (χ0) is 69.3. The molecule has 0 unspecified atom stereocenters. The molecule has 0 atom stereocenters. The van der Waals surface area contributed by atoms with Crippen LogP contribution in [0.5, 0.6) is 0 Å². The molecule has 11 nitrogen and oxygen atoms in total. The first-order valence-corrected chi connectivity index (χ1v) is 34.2. The van der Waals surface area contributed by atoms with Gasteiger partial charge in [0.1, 0.15) is 0 Å². The van der Waals surface area contributed by atoms with Gasteiger partial charge < -0.3 is 4.90 Å². The van der Waals surface area contributed by atoms with E-state index in [2.05, 4.69) is 247 Å².